The van der Waals surface area contributed by atoms with Crippen LogP contribution in [-0.2, 0) is 18.3 Å². The molecule has 0 saturated heterocycles. The number of hydrogen-bond donors (Lipinski definition) is 0. The number of hydrogen-bond acceptors (Lipinski definition) is 16. The maximum absolute atomic E-state index is 8.55. The largest absolute Gasteiger partial charge is 4.00 e. The minimum absolute atomic E-state index is 0. The second-order valence-electron chi connectivity index (χ2n) is 1.79. The third-order valence-electron chi connectivity index (χ3n) is 0. The first kappa shape index (κ1) is 57.4. The summed E-state index contributed by atoms with van der Waals surface area (Å²) in [4.78, 5) is 103. The van der Waals surface area contributed by atoms with Crippen LogP contribution in [0.25, 0.3) is 0 Å². The number of phosphoric acid groups is 4. The smallest absolute Gasteiger partial charge is 0.822 e. The summed E-state index contributed by atoms with van der Waals surface area (Å²) in [5, 5.41) is 0. The zero-order valence-corrected chi connectivity index (χ0v) is 24.1. The van der Waals surface area contributed by atoms with Crippen molar-refractivity contribution >= 4 is 182 Å². The summed E-state index contributed by atoms with van der Waals surface area (Å²) in [7, 11) is -21.6. The van der Waals surface area contributed by atoms with Crippen molar-refractivity contribution in [2.45, 2.75) is 0 Å². The molecule has 0 bridgehead atoms. The van der Waals surface area contributed by atoms with Crippen molar-refractivity contribution in [1.29, 1.82) is 0 Å². The van der Waals surface area contributed by atoms with Gasteiger partial charge in [0.15, 0.2) is 0 Å². The van der Waals surface area contributed by atoms with Crippen LogP contribution in [0.2, 0.25) is 0 Å². The molecule has 0 spiro atoms. The molecule has 0 atom stereocenters. The van der Waals surface area contributed by atoms with Gasteiger partial charge in [0.05, 0.1) is 0 Å². The van der Waals surface area contributed by atoms with E-state index in [1.807, 2.05) is 0 Å². The van der Waals surface area contributed by atoms with E-state index in [1.165, 1.54) is 0 Å². The van der Waals surface area contributed by atoms with Crippen LogP contribution in [0.4, 0.5) is 0 Å². The molecule has 0 amide bonds. The van der Waals surface area contributed by atoms with Crippen LogP contribution in [-0.4, -0.2) is 151 Å². The Morgan fingerprint density at radius 3 is 0.320 bits per heavy atom. The first-order valence-electron chi connectivity index (χ1n) is 2.92. The van der Waals surface area contributed by atoms with Crippen LogP contribution < -0.4 is 58.7 Å². The first-order chi connectivity index (χ1) is 8.00. The zero-order valence-electron chi connectivity index (χ0n) is 11.6. The van der Waals surface area contributed by atoms with Crippen molar-refractivity contribution in [2.24, 2.45) is 0 Å². The summed E-state index contributed by atoms with van der Waals surface area (Å²) in [6, 6.07) is 0. The van der Waals surface area contributed by atoms with E-state index in [9.17, 15) is 0 Å². The Morgan fingerprint density at radius 1 is 0.320 bits per heavy atom. The van der Waals surface area contributed by atoms with Crippen molar-refractivity contribution in [3.05, 3.63) is 7.43 Å². The molecule has 0 aliphatic carbocycles. The molecule has 0 unspecified atom stereocenters. The van der Waals surface area contributed by atoms with Gasteiger partial charge < -0.3 is 77.0 Å². The van der Waals surface area contributed by atoms with Crippen molar-refractivity contribution in [3.63, 3.8) is 0 Å². The normalized spacial score (nSPS) is 9.44. The molecule has 0 fully saturated rings. The molecule has 25 heavy (non-hydrogen) atoms. The Labute approximate surface area is 261 Å². The fourth-order valence-corrected chi connectivity index (χ4v) is 0. The van der Waals surface area contributed by atoms with Gasteiger partial charge in [-0.25, -0.2) is 0 Å². The average molecular weight is 552 g/mol. The zero-order chi connectivity index (χ0) is 18.0. The van der Waals surface area contributed by atoms with Gasteiger partial charge in [0, 0.05) is 0 Å². The van der Waals surface area contributed by atoms with E-state index in [1.54, 1.807) is 0 Å². The predicted molar refractivity (Wildman–Crippen MR) is 56.7 cm³/mol. The van der Waals surface area contributed by atoms with E-state index < -0.39 is 31.3 Å². The summed E-state index contributed by atoms with van der Waals surface area (Å²) in [6.07, 6.45) is 0. The van der Waals surface area contributed by atoms with Crippen LogP contribution in [0, 0.1) is 7.43 Å². The molecule has 0 rings (SSSR count). The van der Waals surface area contributed by atoms with Gasteiger partial charge in [0.1, 0.15) is 0 Å². The molecule has 24 heteroatoms. The van der Waals surface area contributed by atoms with E-state index in [-0.39, 0.29) is 158 Å². The summed E-state index contributed by atoms with van der Waals surface area (Å²) in [6.45, 7) is 0. The SMILES string of the molecule is O=P([O-])([O-])[O-].O=P([O-])([O-])[O-].O=P([O-])([O-])[O-].O=P([O-])([O-])[O-].[C+4].[Ca+2].[Ca+2].[Ca+2].[Ca+2]. The first-order valence-corrected chi connectivity index (χ1v) is 8.76. The Morgan fingerprint density at radius 2 is 0.320 bits per heavy atom. The molecular weight excluding hydrogens is 552 g/mol. The van der Waals surface area contributed by atoms with Gasteiger partial charge in [0.2, 0.25) is 0 Å². The van der Waals surface area contributed by atoms with Crippen LogP contribution in [0.3, 0.4) is 0 Å². The fraction of sp³-hybridized carbons (Fsp3) is 0. The summed E-state index contributed by atoms with van der Waals surface area (Å²) in [5.41, 5.74) is 0. The summed E-state index contributed by atoms with van der Waals surface area (Å²) in [5.74, 6) is 0. The maximum atomic E-state index is 8.55. The molecule has 0 heterocycles. The second kappa shape index (κ2) is 27.5. The van der Waals surface area contributed by atoms with Crippen molar-refractivity contribution < 1.29 is 77.0 Å². The molecule has 0 aromatic carbocycles. The van der Waals surface area contributed by atoms with Gasteiger partial charge in [-0.1, -0.05) is 0 Å². The van der Waals surface area contributed by atoms with E-state index >= 15 is 0 Å². The Hall–Kier alpha value is 5.48. The van der Waals surface area contributed by atoms with Crippen molar-refractivity contribution in [1.82, 2.24) is 0 Å². The molecule has 0 saturated carbocycles. The average Bonchev–Trinajstić information content (AvgIpc) is 1.62. The van der Waals surface area contributed by atoms with Crippen molar-refractivity contribution in [3.8, 4) is 0 Å². The Balaban J connectivity index is -0.0000000183. The number of rotatable bonds is 0. The minimum Gasteiger partial charge on any atom is -0.822 e. The standard InChI is InChI=1S/C.4Ca.4H3O4P/c;;;;;4*1-5(2,3)4/h;;;;;4*(H3,1,2,3,4)/q+4;4*+2;;;;/p-12. The Kier molecular flexibility index (Phi) is 63.2. The molecule has 0 N–H and O–H groups in total. The quantitative estimate of drug-likeness (QED) is 0.199. The van der Waals surface area contributed by atoms with Gasteiger partial charge in [-0.05, 0) is 0 Å². The van der Waals surface area contributed by atoms with Gasteiger partial charge >= 0.3 is 158 Å². The third kappa shape index (κ3) is 742. The van der Waals surface area contributed by atoms with E-state index in [4.69, 9.17) is 77.0 Å². The van der Waals surface area contributed by atoms with E-state index in [0.29, 0.717) is 0 Å². The molecule has 0 aromatic heterocycles. The van der Waals surface area contributed by atoms with E-state index in [2.05, 4.69) is 0 Å². The summed E-state index contributed by atoms with van der Waals surface area (Å²) < 4.78 is 34.2. The fourth-order valence-electron chi connectivity index (χ4n) is 0. The maximum Gasteiger partial charge on any atom is 4.00 e. The van der Waals surface area contributed by atoms with Gasteiger partial charge in [-0.2, -0.15) is 31.3 Å². The van der Waals surface area contributed by atoms with Crippen LogP contribution in [0.15, 0.2) is 0 Å². The molecule has 0 aliphatic rings. The van der Waals surface area contributed by atoms with Crippen molar-refractivity contribution in [2.75, 3.05) is 0 Å². The second-order valence-corrected chi connectivity index (χ2v) is 5.37. The molecular formula is CCa4O16P4. The van der Waals surface area contributed by atoms with Gasteiger partial charge in [-0.3, -0.25) is 0 Å². The van der Waals surface area contributed by atoms with E-state index in [0.717, 1.165) is 0 Å². The Bertz CT molecular complexity index is 301. The van der Waals surface area contributed by atoms with Gasteiger partial charge in [0.25, 0.3) is 0 Å². The monoisotopic (exact) mass is 552 g/mol. The molecule has 16 nitrogen and oxygen atoms in total. The van der Waals surface area contributed by atoms with Crippen LogP contribution in [0.5, 0.6) is 0 Å². The molecule has 0 radical (unpaired) electrons. The summed E-state index contributed by atoms with van der Waals surface area (Å²) >= 11 is 0. The predicted octanol–water partition coefficient (Wildman–Crippen LogP) is -12.7. The van der Waals surface area contributed by atoms with Crippen LogP contribution >= 0.6 is 31.3 Å². The minimum atomic E-state index is -5.39. The topological polar surface area (TPSA) is 345 Å². The van der Waals surface area contributed by atoms with Gasteiger partial charge in [-0.15, -0.1) is 0 Å². The molecule has 128 valence electrons. The van der Waals surface area contributed by atoms with Crippen LogP contribution in [0.1, 0.15) is 0 Å². The third-order valence-corrected chi connectivity index (χ3v) is 0. The molecule has 0 aliphatic heterocycles. The molecule has 0 aromatic rings.